The van der Waals surface area contributed by atoms with Gasteiger partial charge in [0, 0.05) is 25.7 Å². The van der Waals surface area contributed by atoms with Crippen molar-refractivity contribution in [3.63, 3.8) is 0 Å². The summed E-state index contributed by atoms with van der Waals surface area (Å²) in [7, 11) is 1.78. The first-order valence-corrected chi connectivity index (χ1v) is 6.48. The van der Waals surface area contributed by atoms with Gasteiger partial charge in [-0.15, -0.1) is 0 Å². The minimum Gasteiger partial charge on any atom is -0.383 e. The molecule has 0 bridgehead atoms. The average Bonchev–Trinajstić information content (AvgIpc) is 2.17. The van der Waals surface area contributed by atoms with E-state index in [0.717, 1.165) is 26.2 Å². The van der Waals surface area contributed by atoms with Gasteiger partial charge in [0.05, 0.1) is 6.61 Å². The molecule has 3 nitrogen and oxygen atoms in total. The zero-order chi connectivity index (χ0) is 12.6. The second-order valence-electron chi connectivity index (χ2n) is 5.09. The number of hydrogen-bond acceptors (Lipinski definition) is 3. The third kappa shape index (κ3) is 6.46. The van der Waals surface area contributed by atoms with Crippen LogP contribution in [0.2, 0.25) is 0 Å². The Bertz CT molecular complexity index is 160. The summed E-state index contributed by atoms with van der Waals surface area (Å²) in [6, 6.07) is 1.06. The molecule has 0 spiro atoms. The molecule has 3 heteroatoms. The maximum absolute atomic E-state index is 5.31. The molecule has 0 aromatic rings. The van der Waals surface area contributed by atoms with E-state index in [9.17, 15) is 0 Å². The lowest BCUT2D eigenvalue weighted by Gasteiger charge is -2.34. The normalized spacial score (nSPS) is 14.1. The van der Waals surface area contributed by atoms with Crippen LogP contribution in [-0.2, 0) is 4.74 Å². The molecule has 0 fully saturated rings. The first-order chi connectivity index (χ1) is 7.52. The molecule has 1 unspecified atom stereocenters. The van der Waals surface area contributed by atoms with Crippen molar-refractivity contribution in [2.75, 3.05) is 33.4 Å². The van der Waals surface area contributed by atoms with E-state index in [1.54, 1.807) is 7.11 Å². The van der Waals surface area contributed by atoms with Crippen LogP contribution >= 0.6 is 0 Å². The maximum Gasteiger partial charge on any atom is 0.0630 e. The predicted octanol–water partition coefficient (Wildman–Crippen LogP) is 1.98. The summed E-state index contributed by atoms with van der Waals surface area (Å²) >= 11 is 0. The van der Waals surface area contributed by atoms with E-state index in [4.69, 9.17) is 4.74 Å². The SMILES string of the molecule is CCN(C(C)C)C(CNCC(C)C)COC. The second kappa shape index (κ2) is 8.97. The van der Waals surface area contributed by atoms with Crippen LogP contribution < -0.4 is 5.32 Å². The highest BCUT2D eigenvalue weighted by Gasteiger charge is 2.19. The Kier molecular flexibility index (Phi) is 8.90. The summed E-state index contributed by atoms with van der Waals surface area (Å²) in [6.07, 6.45) is 0. The van der Waals surface area contributed by atoms with Gasteiger partial charge in [0.25, 0.3) is 0 Å². The van der Waals surface area contributed by atoms with Gasteiger partial charge in [-0.2, -0.15) is 0 Å². The Labute approximate surface area is 102 Å². The molecule has 0 rings (SSSR count). The zero-order valence-corrected chi connectivity index (χ0v) is 11.9. The van der Waals surface area contributed by atoms with E-state index in [1.165, 1.54) is 0 Å². The Morgan fingerprint density at radius 1 is 1.12 bits per heavy atom. The fourth-order valence-electron chi connectivity index (χ4n) is 2.05. The molecule has 0 radical (unpaired) electrons. The van der Waals surface area contributed by atoms with Crippen LogP contribution in [0.5, 0.6) is 0 Å². The molecular formula is C13H30N2O. The third-order valence-corrected chi connectivity index (χ3v) is 2.79. The van der Waals surface area contributed by atoms with Crippen LogP contribution in [0.25, 0.3) is 0 Å². The molecule has 1 N–H and O–H groups in total. The fraction of sp³-hybridized carbons (Fsp3) is 1.00. The number of methoxy groups -OCH3 is 1. The lowest BCUT2D eigenvalue weighted by molar-refractivity contribution is 0.0730. The molecule has 0 saturated carbocycles. The van der Waals surface area contributed by atoms with Gasteiger partial charge in [0.15, 0.2) is 0 Å². The summed E-state index contributed by atoms with van der Waals surface area (Å²) in [6.45, 7) is 15.1. The van der Waals surface area contributed by atoms with Crippen molar-refractivity contribution < 1.29 is 4.74 Å². The maximum atomic E-state index is 5.31. The summed E-state index contributed by atoms with van der Waals surface area (Å²) in [5, 5.41) is 3.52. The Morgan fingerprint density at radius 2 is 1.75 bits per heavy atom. The lowest BCUT2D eigenvalue weighted by atomic mass is 10.2. The van der Waals surface area contributed by atoms with Gasteiger partial charge in [0.2, 0.25) is 0 Å². The number of nitrogens with zero attached hydrogens (tertiary/aromatic N) is 1. The Balaban J connectivity index is 4.12. The molecule has 0 aromatic heterocycles. The standard InChI is InChI=1S/C13H30N2O/c1-7-15(12(4)5)13(10-16-6)9-14-8-11(2)3/h11-14H,7-10H2,1-6H3. The van der Waals surface area contributed by atoms with E-state index >= 15 is 0 Å². The van der Waals surface area contributed by atoms with Crippen LogP contribution in [0, 0.1) is 5.92 Å². The molecule has 0 saturated heterocycles. The quantitative estimate of drug-likeness (QED) is 0.655. The first-order valence-electron chi connectivity index (χ1n) is 6.48. The number of hydrogen-bond donors (Lipinski definition) is 1. The summed E-state index contributed by atoms with van der Waals surface area (Å²) in [5.74, 6) is 0.706. The third-order valence-electron chi connectivity index (χ3n) is 2.79. The van der Waals surface area contributed by atoms with Gasteiger partial charge in [-0.1, -0.05) is 20.8 Å². The van der Waals surface area contributed by atoms with E-state index in [-0.39, 0.29) is 0 Å². The highest BCUT2D eigenvalue weighted by atomic mass is 16.5. The molecule has 0 heterocycles. The van der Waals surface area contributed by atoms with Gasteiger partial charge in [-0.3, -0.25) is 4.90 Å². The van der Waals surface area contributed by atoms with E-state index in [1.807, 2.05) is 0 Å². The van der Waals surface area contributed by atoms with E-state index < -0.39 is 0 Å². The zero-order valence-electron chi connectivity index (χ0n) is 11.9. The predicted molar refractivity (Wildman–Crippen MR) is 70.9 cm³/mol. The number of likely N-dealkylation sites (N-methyl/N-ethyl adjacent to an activating group) is 1. The molecule has 1 atom stereocenters. The number of nitrogens with one attached hydrogen (secondary N) is 1. The van der Waals surface area contributed by atoms with Gasteiger partial charge in [0.1, 0.15) is 0 Å². The van der Waals surface area contributed by atoms with Crippen molar-refractivity contribution in [3.05, 3.63) is 0 Å². The molecule has 0 aliphatic carbocycles. The minimum atomic E-state index is 0.480. The molecule has 16 heavy (non-hydrogen) atoms. The lowest BCUT2D eigenvalue weighted by Crippen LogP contribution is -2.48. The molecule has 0 aliphatic heterocycles. The molecule has 0 amide bonds. The monoisotopic (exact) mass is 230 g/mol. The van der Waals surface area contributed by atoms with Crippen LogP contribution in [0.3, 0.4) is 0 Å². The fourth-order valence-corrected chi connectivity index (χ4v) is 2.05. The molecule has 0 aliphatic rings. The molecule has 98 valence electrons. The Hall–Kier alpha value is -0.120. The number of ether oxygens (including phenoxy) is 1. The largest absolute Gasteiger partial charge is 0.383 e. The van der Waals surface area contributed by atoms with E-state index in [0.29, 0.717) is 18.0 Å². The van der Waals surface area contributed by atoms with Crippen LogP contribution in [0.4, 0.5) is 0 Å². The smallest absolute Gasteiger partial charge is 0.0630 e. The van der Waals surface area contributed by atoms with Gasteiger partial charge in [-0.05, 0) is 32.9 Å². The van der Waals surface area contributed by atoms with Crippen molar-refractivity contribution in [1.29, 1.82) is 0 Å². The summed E-state index contributed by atoms with van der Waals surface area (Å²) < 4.78 is 5.31. The van der Waals surface area contributed by atoms with Gasteiger partial charge < -0.3 is 10.1 Å². The van der Waals surface area contributed by atoms with Crippen molar-refractivity contribution in [2.24, 2.45) is 5.92 Å². The number of rotatable bonds is 9. The van der Waals surface area contributed by atoms with Crippen molar-refractivity contribution in [2.45, 2.75) is 46.7 Å². The van der Waals surface area contributed by atoms with Crippen molar-refractivity contribution in [3.8, 4) is 0 Å². The first kappa shape index (κ1) is 15.9. The summed E-state index contributed by atoms with van der Waals surface area (Å²) in [4.78, 5) is 2.48. The molecular weight excluding hydrogens is 200 g/mol. The van der Waals surface area contributed by atoms with E-state index in [2.05, 4.69) is 44.8 Å². The molecule has 0 aromatic carbocycles. The van der Waals surface area contributed by atoms with Gasteiger partial charge >= 0.3 is 0 Å². The van der Waals surface area contributed by atoms with Crippen molar-refractivity contribution in [1.82, 2.24) is 10.2 Å². The Morgan fingerprint density at radius 3 is 2.12 bits per heavy atom. The average molecular weight is 230 g/mol. The van der Waals surface area contributed by atoms with Gasteiger partial charge in [-0.25, -0.2) is 0 Å². The topological polar surface area (TPSA) is 24.5 Å². The van der Waals surface area contributed by atoms with Crippen LogP contribution in [0.1, 0.15) is 34.6 Å². The second-order valence-corrected chi connectivity index (χ2v) is 5.09. The van der Waals surface area contributed by atoms with Crippen LogP contribution in [-0.4, -0.2) is 50.3 Å². The highest BCUT2D eigenvalue weighted by molar-refractivity contribution is 4.76. The van der Waals surface area contributed by atoms with Crippen molar-refractivity contribution >= 4 is 0 Å². The van der Waals surface area contributed by atoms with Crippen LogP contribution in [0.15, 0.2) is 0 Å². The minimum absolute atomic E-state index is 0.480. The summed E-state index contributed by atoms with van der Waals surface area (Å²) in [5.41, 5.74) is 0. The highest BCUT2D eigenvalue weighted by Crippen LogP contribution is 2.05.